The summed E-state index contributed by atoms with van der Waals surface area (Å²) in [5.74, 6) is 1.17. The molecule has 2 heterocycles. The topological polar surface area (TPSA) is 83.0 Å². The summed E-state index contributed by atoms with van der Waals surface area (Å²) < 4.78 is 0. The molecule has 0 fully saturated rings. The van der Waals surface area contributed by atoms with Gasteiger partial charge in [-0.15, -0.1) is 0 Å². The molecule has 0 aliphatic rings. The number of aliphatic hydroxyl groups excluding tert-OH is 1. The van der Waals surface area contributed by atoms with Crippen LogP contribution in [0.4, 0.5) is 11.8 Å². The van der Waals surface area contributed by atoms with Crippen molar-refractivity contribution < 1.29 is 5.11 Å². The zero-order valence-electron chi connectivity index (χ0n) is 10.1. The van der Waals surface area contributed by atoms with Crippen LogP contribution < -0.4 is 10.6 Å². The van der Waals surface area contributed by atoms with Crippen molar-refractivity contribution in [3.05, 3.63) is 30.5 Å². The average Bonchev–Trinajstić information content (AvgIpc) is 2.45. The normalized spacial score (nSPS) is 10.1. The molecule has 0 aliphatic carbocycles. The Morgan fingerprint density at radius 3 is 2.78 bits per heavy atom. The van der Waals surface area contributed by atoms with Gasteiger partial charge in [0.1, 0.15) is 5.82 Å². The summed E-state index contributed by atoms with van der Waals surface area (Å²) in [7, 11) is 1.79. The lowest BCUT2D eigenvalue weighted by molar-refractivity contribution is 0.311. The number of aliphatic hydroxyl groups is 1. The zero-order chi connectivity index (χ0) is 12.8. The third-order valence-corrected chi connectivity index (χ3v) is 2.30. The lowest BCUT2D eigenvalue weighted by Gasteiger charge is -2.08. The summed E-state index contributed by atoms with van der Waals surface area (Å²) in [5.41, 5.74) is 1.51. The molecule has 2 rings (SSSR count). The van der Waals surface area contributed by atoms with Crippen LogP contribution in [0.2, 0.25) is 0 Å². The summed E-state index contributed by atoms with van der Waals surface area (Å²) in [6, 6.07) is 7.48. The van der Waals surface area contributed by atoms with E-state index in [4.69, 9.17) is 5.11 Å². The van der Waals surface area contributed by atoms with Gasteiger partial charge in [-0.3, -0.25) is 4.98 Å². The van der Waals surface area contributed by atoms with Gasteiger partial charge in [0.2, 0.25) is 5.95 Å². The number of nitrogens with one attached hydrogen (secondary N) is 2. The second kappa shape index (κ2) is 5.92. The predicted octanol–water partition coefficient (Wildman–Crippen LogP) is 0.984. The second-order valence-corrected chi connectivity index (χ2v) is 3.58. The van der Waals surface area contributed by atoms with Gasteiger partial charge >= 0.3 is 0 Å². The van der Waals surface area contributed by atoms with E-state index in [1.54, 1.807) is 13.2 Å². The molecule has 6 heteroatoms. The number of nitrogens with zero attached hydrogens (tertiary/aromatic N) is 3. The third kappa shape index (κ3) is 2.92. The number of aromatic nitrogens is 3. The Morgan fingerprint density at radius 2 is 2.11 bits per heavy atom. The highest BCUT2D eigenvalue weighted by Crippen LogP contribution is 2.18. The first-order chi connectivity index (χ1) is 8.83. The van der Waals surface area contributed by atoms with E-state index in [1.807, 2.05) is 24.3 Å². The maximum absolute atomic E-state index is 8.79. The third-order valence-electron chi connectivity index (χ3n) is 2.30. The van der Waals surface area contributed by atoms with Gasteiger partial charge in [-0.2, -0.15) is 4.98 Å². The van der Waals surface area contributed by atoms with Crippen molar-refractivity contribution >= 4 is 11.8 Å². The van der Waals surface area contributed by atoms with Gasteiger partial charge in [-0.05, 0) is 12.1 Å². The molecule has 0 atom stereocenters. The van der Waals surface area contributed by atoms with Gasteiger partial charge in [0.05, 0.1) is 18.0 Å². The fraction of sp³-hybridized carbons (Fsp3) is 0.250. The van der Waals surface area contributed by atoms with E-state index in [-0.39, 0.29) is 6.61 Å². The summed E-state index contributed by atoms with van der Waals surface area (Å²) in [5, 5.41) is 14.7. The van der Waals surface area contributed by atoms with Crippen LogP contribution in [0.1, 0.15) is 0 Å². The molecule has 0 aromatic carbocycles. The van der Waals surface area contributed by atoms with Gasteiger partial charge < -0.3 is 15.7 Å². The van der Waals surface area contributed by atoms with Crippen molar-refractivity contribution in [3.63, 3.8) is 0 Å². The highest BCUT2D eigenvalue weighted by atomic mass is 16.3. The SMILES string of the molecule is CNc1cc(-c2ccccn2)nc(NCCO)n1. The van der Waals surface area contributed by atoms with Crippen molar-refractivity contribution in [3.8, 4) is 11.4 Å². The van der Waals surface area contributed by atoms with Crippen molar-refractivity contribution in [2.24, 2.45) is 0 Å². The van der Waals surface area contributed by atoms with Crippen LogP contribution >= 0.6 is 0 Å². The maximum atomic E-state index is 8.79. The van der Waals surface area contributed by atoms with Crippen molar-refractivity contribution in [1.29, 1.82) is 0 Å². The van der Waals surface area contributed by atoms with E-state index in [0.717, 1.165) is 11.4 Å². The first kappa shape index (κ1) is 12.3. The molecule has 0 amide bonds. The number of pyridine rings is 1. The Bertz CT molecular complexity index is 503. The number of anilines is 2. The summed E-state index contributed by atoms with van der Waals surface area (Å²) in [6.07, 6.45) is 1.72. The lowest BCUT2D eigenvalue weighted by Crippen LogP contribution is -2.10. The smallest absolute Gasteiger partial charge is 0.225 e. The Kier molecular flexibility index (Phi) is 4.03. The molecule has 3 N–H and O–H groups in total. The summed E-state index contributed by atoms with van der Waals surface area (Å²) in [4.78, 5) is 12.8. The van der Waals surface area contributed by atoms with Crippen LogP contribution in [0.5, 0.6) is 0 Å². The van der Waals surface area contributed by atoms with Gasteiger partial charge in [-0.25, -0.2) is 4.98 Å². The Balaban J connectivity index is 2.35. The first-order valence-electron chi connectivity index (χ1n) is 5.66. The van der Waals surface area contributed by atoms with E-state index in [1.165, 1.54) is 0 Å². The highest BCUT2D eigenvalue weighted by Gasteiger charge is 2.06. The fourth-order valence-corrected chi connectivity index (χ4v) is 1.47. The van der Waals surface area contributed by atoms with Crippen LogP contribution in [-0.4, -0.2) is 40.3 Å². The molecule has 0 aliphatic heterocycles. The molecule has 6 nitrogen and oxygen atoms in total. The standard InChI is InChI=1S/C12H15N5O/c1-13-11-8-10(9-4-2-3-5-14-9)16-12(17-11)15-6-7-18/h2-5,8,18H,6-7H2,1H3,(H2,13,15,16,17). The average molecular weight is 245 g/mol. The molecule has 0 radical (unpaired) electrons. The Hall–Kier alpha value is -2.21. The lowest BCUT2D eigenvalue weighted by atomic mass is 10.2. The molecule has 0 unspecified atom stereocenters. The molecule has 0 saturated heterocycles. The fourth-order valence-electron chi connectivity index (χ4n) is 1.47. The van der Waals surface area contributed by atoms with Crippen molar-refractivity contribution in [2.75, 3.05) is 30.8 Å². The maximum Gasteiger partial charge on any atom is 0.225 e. The Morgan fingerprint density at radius 1 is 1.22 bits per heavy atom. The highest BCUT2D eigenvalue weighted by molar-refractivity contribution is 5.60. The van der Waals surface area contributed by atoms with Crippen LogP contribution in [0.15, 0.2) is 30.5 Å². The second-order valence-electron chi connectivity index (χ2n) is 3.58. The quantitative estimate of drug-likeness (QED) is 0.728. The molecular formula is C12H15N5O. The molecule has 18 heavy (non-hydrogen) atoms. The van der Waals surface area contributed by atoms with E-state index < -0.39 is 0 Å². The minimum absolute atomic E-state index is 0.0338. The zero-order valence-corrected chi connectivity index (χ0v) is 10.1. The molecule has 0 bridgehead atoms. The number of rotatable bonds is 5. The van der Waals surface area contributed by atoms with Crippen LogP contribution in [0.3, 0.4) is 0 Å². The largest absolute Gasteiger partial charge is 0.395 e. The minimum Gasteiger partial charge on any atom is -0.395 e. The van der Waals surface area contributed by atoms with E-state index >= 15 is 0 Å². The van der Waals surface area contributed by atoms with Gasteiger partial charge in [0.25, 0.3) is 0 Å². The van der Waals surface area contributed by atoms with E-state index in [2.05, 4.69) is 25.6 Å². The van der Waals surface area contributed by atoms with Crippen LogP contribution in [0, 0.1) is 0 Å². The monoisotopic (exact) mass is 245 g/mol. The molecule has 2 aromatic heterocycles. The van der Waals surface area contributed by atoms with Gasteiger partial charge in [0.15, 0.2) is 0 Å². The van der Waals surface area contributed by atoms with Gasteiger partial charge in [0, 0.05) is 25.9 Å². The Labute approximate surface area is 105 Å². The first-order valence-corrected chi connectivity index (χ1v) is 5.66. The van der Waals surface area contributed by atoms with E-state index in [9.17, 15) is 0 Å². The van der Waals surface area contributed by atoms with E-state index in [0.29, 0.717) is 18.3 Å². The molecule has 0 spiro atoms. The van der Waals surface area contributed by atoms with Crippen LogP contribution in [-0.2, 0) is 0 Å². The molecule has 0 saturated carbocycles. The van der Waals surface area contributed by atoms with Crippen molar-refractivity contribution in [2.45, 2.75) is 0 Å². The summed E-state index contributed by atoms with van der Waals surface area (Å²) >= 11 is 0. The van der Waals surface area contributed by atoms with Crippen molar-refractivity contribution in [1.82, 2.24) is 15.0 Å². The minimum atomic E-state index is 0.0338. The summed E-state index contributed by atoms with van der Waals surface area (Å²) in [6.45, 7) is 0.445. The number of hydrogen-bond acceptors (Lipinski definition) is 6. The molecular weight excluding hydrogens is 230 g/mol. The number of hydrogen-bond donors (Lipinski definition) is 3. The molecule has 94 valence electrons. The van der Waals surface area contributed by atoms with Gasteiger partial charge in [-0.1, -0.05) is 6.07 Å². The molecule has 2 aromatic rings. The predicted molar refractivity (Wildman–Crippen MR) is 70.4 cm³/mol. The van der Waals surface area contributed by atoms with Crippen LogP contribution in [0.25, 0.3) is 11.4 Å².